The number of rotatable bonds is 2. The van der Waals surface area contributed by atoms with Crippen molar-refractivity contribution in [3.63, 3.8) is 0 Å². The minimum absolute atomic E-state index is 0.0737. The van der Waals surface area contributed by atoms with Gasteiger partial charge < -0.3 is 15.0 Å². The van der Waals surface area contributed by atoms with E-state index in [2.05, 4.69) is 5.32 Å². The van der Waals surface area contributed by atoms with E-state index in [0.717, 1.165) is 5.69 Å². The molecular formula is C15H17ClN2O3. The Morgan fingerprint density at radius 2 is 2.33 bits per heavy atom. The molecule has 1 aromatic rings. The minimum Gasteiger partial charge on any atom is -0.468 e. The van der Waals surface area contributed by atoms with E-state index in [-0.39, 0.29) is 23.3 Å². The molecule has 0 aromatic heterocycles. The van der Waals surface area contributed by atoms with Gasteiger partial charge in [0.25, 0.3) is 0 Å². The predicted octanol–water partition coefficient (Wildman–Crippen LogP) is 1.60. The van der Waals surface area contributed by atoms with Crippen molar-refractivity contribution in [1.82, 2.24) is 5.32 Å². The van der Waals surface area contributed by atoms with Crippen LogP contribution in [0.15, 0.2) is 24.3 Å². The lowest BCUT2D eigenvalue weighted by Gasteiger charge is -2.22. The summed E-state index contributed by atoms with van der Waals surface area (Å²) >= 11 is 5.99. The van der Waals surface area contributed by atoms with Crippen molar-refractivity contribution in [3.05, 3.63) is 29.3 Å². The lowest BCUT2D eigenvalue weighted by atomic mass is 9.84. The molecule has 5 nitrogen and oxygen atoms in total. The maximum atomic E-state index is 12.3. The molecule has 1 N–H and O–H groups in total. The zero-order chi connectivity index (χ0) is 15.0. The van der Waals surface area contributed by atoms with Crippen molar-refractivity contribution >= 4 is 29.2 Å². The van der Waals surface area contributed by atoms with Gasteiger partial charge in [-0.2, -0.15) is 0 Å². The zero-order valence-corrected chi connectivity index (χ0v) is 12.5. The molecule has 0 unspecified atom stereocenters. The number of nitrogens with one attached hydrogen (secondary N) is 1. The Morgan fingerprint density at radius 1 is 1.52 bits per heavy atom. The fourth-order valence-corrected chi connectivity index (χ4v) is 3.44. The first-order valence-corrected chi connectivity index (χ1v) is 7.28. The maximum Gasteiger partial charge on any atom is 0.322 e. The van der Waals surface area contributed by atoms with Gasteiger partial charge in [0.15, 0.2) is 0 Å². The van der Waals surface area contributed by atoms with Crippen molar-refractivity contribution in [2.75, 3.05) is 25.1 Å². The van der Waals surface area contributed by atoms with Crippen molar-refractivity contribution in [2.45, 2.75) is 18.9 Å². The Kier molecular flexibility index (Phi) is 3.63. The van der Waals surface area contributed by atoms with Crippen LogP contribution in [0.1, 0.15) is 12.8 Å². The number of nitrogens with zero attached hydrogens (tertiary/aromatic N) is 1. The summed E-state index contributed by atoms with van der Waals surface area (Å²) in [4.78, 5) is 25.7. The molecule has 0 radical (unpaired) electrons. The smallest absolute Gasteiger partial charge is 0.322 e. The van der Waals surface area contributed by atoms with Crippen molar-refractivity contribution in [2.24, 2.45) is 5.41 Å². The summed E-state index contributed by atoms with van der Waals surface area (Å²) in [7, 11) is 1.38. The number of methoxy groups -OCH3 is 1. The second-order valence-electron chi connectivity index (χ2n) is 5.80. The predicted molar refractivity (Wildman–Crippen MR) is 79.3 cm³/mol. The van der Waals surface area contributed by atoms with E-state index in [1.165, 1.54) is 7.11 Å². The molecule has 112 valence electrons. The summed E-state index contributed by atoms with van der Waals surface area (Å²) in [6.45, 7) is 1.25. The van der Waals surface area contributed by atoms with Crippen LogP contribution in [-0.2, 0) is 14.3 Å². The molecule has 6 heteroatoms. The Morgan fingerprint density at radius 3 is 3.05 bits per heavy atom. The van der Waals surface area contributed by atoms with Crippen LogP contribution in [0.5, 0.6) is 0 Å². The Labute approximate surface area is 128 Å². The fourth-order valence-electron chi connectivity index (χ4n) is 3.26. The van der Waals surface area contributed by atoms with Crippen LogP contribution in [0.4, 0.5) is 5.69 Å². The second-order valence-corrected chi connectivity index (χ2v) is 6.23. The van der Waals surface area contributed by atoms with Gasteiger partial charge in [-0.25, -0.2) is 0 Å². The number of esters is 1. The second kappa shape index (κ2) is 5.31. The average Bonchev–Trinajstić information content (AvgIpc) is 3.02. The number of carbonyl (C=O) groups is 2. The molecule has 2 atom stereocenters. The highest BCUT2D eigenvalue weighted by Gasteiger charge is 2.50. The van der Waals surface area contributed by atoms with Crippen molar-refractivity contribution < 1.29 is 14.3 Å². The van der Waals surface area contributed by atoms with Crippen LogP contribution in [0, 0.1) is 5.41 Å². The van der Waals surface area contributed by atoms with Crippen LogP contribution in [0.3, 0.4) is 0 Å². The van der Waals surface area contributed by atoms with Crippen LogP contribution >= 0.6 is 11.6 Å². The summed E-state index contributed by atoms with van der Waals surface area (Å²) < 4.78 is 4.77. The number of anilines is 1. The molecule has 3 rings (SSSR count). The normalized spacial score (nSPS) is 28.4. The number of halogens is 1. The van der Waals surface area contributed by atoms with E-state index < -0.39 is 0 Å². The van der Waals surface area contributed by atoms with Gasteiger partial charge in [0.05, 0.1) is 7.11 Å². The highest BCUT2D eigenvalue weighted by atomic mass is 35.5. The quantitative estimate of drug-likeness (QED) is 0.843. The molecule has 0 saturated carbocycles. The third-order valence-corrected chi connectivity index (χ3v) is 4.52. The number of amides is 1. The number of ether oxygens (including phenoxy) is 1. The molecule has 2 aliphatic heterocycles. The molecule has 2 heterocycles. The van der Waals surface area contributed by atoms with E-state index in [0.29, 0.717) is 31.0 Å². The first-order valence-electron chi connectivity index (χ1n) is 6.90. The van der Waals surface area contributed by atoms with Crippen molar-refractivity contribution in [1.29, 1.82) is 0 Å². The molecule has 2 fully saturated rings. The fraction of sp³-hybridized carbons (Fsp3) is 0.467. The summed E-state index contributed by atoms with van der Waals surface area (Å²) in [5, 5.41) is 3.77. The molecule has 1 amide bonds. The van der Waals surface area contributed by atoms with Gasteiger partial charge in [0.1, 0.15) is 6.04 Å². The van der Waals surface area contributed by atoms with Gasteiger partial charge in [-0.1, -0.05) is 17.7 Å². The Bertz CT molecular complexity index is 592. The first-order chi connectivity index (χ1) is 10.0. The Balaban J connectivity index is 1.78. The number of carbonyl (C=O) groups excluding carboxylic acids is 2. The van der Waals surface area contributed by atoms with Crippen molar-refractivity contribution in [3.8, 4) is 0 Å². The largest absolute Gasteiger partial charge is 0.468 e. The Hall–Kier alpha value is -1.59. The monoisotopic (exact) mass is 308 g/mol. The molecule has 1 spiro atoms. The first kappa shape index (κ1) is 14.4. The third kappa shape index (κ3) is 2.63. The van der Waals surface area contributed by atoms with Crippen LogP contribution < -0.4 is 10.2 Å². The maximum absolute atomic E-state index is 12.3. The highest BCUT2D eigenvalue weighted by Crippen LogP contribution is 2.41. The van der Waals surface area contributed by atoms with Gasteiger partial charge in [0.2, 0.25) is 5.91 Å². The average molecular weight is 309 g/mol. The van der Waals surface area contributed by atoms with Gasteiger partial charge in [0, 0.05) is 35.6 Å². The zero-order valence-electron chi connectivity index (χ0n) is 11.8. The highest BCUT2D eigenvalue weighted by molar-refractivity contribution is 6.30. The van der Waals surface area contributed by atoms with Gasteiger partial charge in [-0.3, -0.25) is 9.59 Å². The number of benzene rings is 1. The van der Waals surface area contributed by atoms with Crippen LogP contribution in [0.25, 0.3) is 0 Å². The molecule has 21 heavy (non-hydrogen) atoms. The lowest BCUT2D eigenvalue weighted by Crippen LogP contribution is -2.31. The molecular weight excluding hydrogens is 292 g/mol. The summed E-state index contributed by atoms with van der Waals surface area (Å²) in [6.07, 6.45) is 1.07. The molecule has 1 aromatic carbocycles. The molecule has 2 saturated heterocycles. The van der Waals surface area contributed by atoms with Crippen LogP contribution in [-0.4, -0.2) is 38.1 Å². The molecule has 2 aliphatic rings. The standard InChI is InChI=1S/C15H17ClN2O3/c1-21-14(20)12-6-15(8-17-12)7-13(19)18(9-15)11-4-2-3-10(16)5-11/h2-5,12,17H,6-9H2,1H3/t12-,15+/m0/s1. The summed E-state index contributed by atoms with van der Waals surface area (Å²) in [5.74, 6) is -0.190. The topological polar surface area (TPSA) is 58.6 Å². The number of hydrogen-bond donors (Lipinski definition) is 1. The lowest BCUT2D eigenvalue weighted by molar-refractivity contribution is -0.142. The summed E-state index contributed by atoms with van der Waals surface area (Å²) in [5.41, 5.74) is 0.615. The van der Waals surface area contributed by atoms with E-state index in [1.54, 1.807) is 17.0 Å². The minimum atomic E-state index is -0.317. The van der Waals surface area contributed by atoms with Gasteiger partial charge in [-0.05, 0) is 24.6 Å². The van der Waals surface area contributed by atoms with Gasteiger partial charge in [-0.15, -0.1) is 0 Å². The van der Waals surface area contributed by atoms with E-state index in [1.807, 2.05) is 12.1 Å². The third-order valence-electron chi connectivity index (χ3n) is 4.29. The summed E-state index contributed by atoms with van der Waals surface area (Å²) in [6, 6.07) is 6.97. The van der Waals surface area contributed by atoms with E-state index >= 15 is 0 Å². The van der Waals surface area contributed by atoms with Crippen LogP contribution in [0.2, 0.25) is 5.02 Å². The van der Waals surface area contributed by atoms with Gasteiger partial charge >= 0.3 is 5.97 Å². The SMILES string of the molecule is COC(=O)[C@@H]1C[C@]2(CN1)CC(=O)N(c1cccc(Cl)c1)C2. The van der Waals surface area contributed by atoms with E-state index in [4.69, 9.17) is 16.3 Å². The number of hydrogen-bond acceptors (Lipinski definition) is 4. The molecule has 0 bridgehead atoms. The van der Waals surface area contributed by atoms with E-state index in [9.17, 15) is 9.59 Å². The molecule has 0 aliphatic carbocycles.